The second-order valence-electron chi connectivity index (χ2n) is 10.3. The van der Waals surface area contributed by atoms with Gasteiger partial charge in [0.05, 0.1) is 13.3 Å². The molecule has 0 radical (unpaired) electrons. The average Bonchev–Trinajstić information content (AvgIpc) is 2.66. The van der Waals surface area contributed by atoms with Crippen molar-refractivity contribution in [3.05, 3.63) is 11.4 Å². The third-order valence-corrected chi connectivity index (χ3v) is 20.5. The third kappa shape index (κ3) is 5.99. The summed E-state index contributed by atoms with van der Waals surface area (Å²) >= 11 is 8.89. The normalized spacial score (nSPS) is 26.5. The number of thiol groups is 2. The molecule has 2 N–H and O–H groups in total. The van der Waals surface area contributed by atoms with E-state index in [1.165, 1.54) is 6.04 Å². The topological polar surface area (TPSA) is 44.5 Å². The first-order valence-electron chi connectivity index (χ1n) is 11.4. The molecule has 8 heteroatoms. The number of nitrogens with two attached hydrogens (primary N) is 1. The molecule has 1 rings (SSSR count). The Kier molecular flexibility index (Phi) is 10.2. The summed E-state index contributed by atoms with van der Waals surface area (Å²) in [5.41, 5.74) is 6.76. The van der Waals surface area contributed by atoms with Gasteiger partial charge in [-0.05, 0) is 76.2 Å². The summed E-state index contributed by atoms with van der Waals surface area (Å²) in [6.07, 6.45) is 7.40. The molecule has 0 saturated heterocycles. The van der Waals surface area contributed by atoms with Crippen LogP contribution in [0.5, 0.6) is 0 Å². The van der Waals surface area contributed by atoms with Crippen molar-refractivity contribution >= 4 is 50.0 Å². The summed E-state index contributed by atoms with van der Waals surface area (Å²) in [6.45, 7) is 18.9. The van der Waals surface area contributed by atoms with Crippen LogP contribution in [0.4, 0.5) is 0 Å². The predicted octanol–water partition coefficient (Wildman–Crippen LogP) is 6.33. The van der Waals surface area contributed by atoms with Crippen LogP contribution in [0.25, 0.3) is 0 Å². The van der Waals surface area contributed by atoms with E-state index in [9.17, 15) is 0 Å². The molecule has 0 aromatic heterocycles. The van der Waals surface area contributed by atoms with Gasteiger partial charge in [-0.25, -0.2) is 0 Å². The molecule has 3 nitrogen and oxygen atoms in total. The van der Waals surface area contributed by atoms with Crippen LogP contribution in [-0.2, 0) is 8.85 Å². The molecule has 2 unspecified atom stereocenters. The Labute approximate surface area is 195 Å². The highest BCUT2D eigenvalue weighted by Crippen LogP contribution is 2.47. The highest BCUT2D eigenvalue weighted by atomic mass is 32.1. The van der Waals surface area contributed by atoms with Crippen LogP contribution in [0.15, 0.2) is 11.4 Å². The van der Waals surface area contributed by atoms with E-state index in [1.807, 2.05) is 0 Å². The molecule has 0 fully saturated rings. The molecule has 0 aromatic rings. The van der Waals surface area contributed by atoms with Gasteiger partial charge in [-0.15, -0.1) is 0 Å². The molecule has 1 heterocycles. The minimum Gasteiger partial charge on any atom is -0.411 e. The first kappa shape index (κ1) is 27.8. The number of rotatable bonds is 12. The summed E-state index contributed by atoms with van der Waals surface area (Å²) in [4.78, 5) is 0. The fraction of sp³-hybridized carbons (Fsp3) is 0.905. The highest BCUT2D eigenvalue weighted by Gasteiger charge is 2.61. The van der Waals surface area contributed by atoms with Gasteiger partial charge < -0.3 is 14.6 Å². The quantitative estimate of drug-likeness (QED) is 0.220. The molecular weight excluding hydrogens is 447 g/mol. The Balaban J connectivity index is 3.36. The zero-order chi connectivity index (χ0) is 22.6. The van der Waals surface area contributed by atoms with Gasteiger partial charge in [-0.1, -0.05) is 39.1 Å². The van der Waals surface area contributed by atoms with Crippen molar-refractivity contribution in [2.24, 2.45) is 5.73 Å². The van der Waals surface area contributed by atoms with Crippen molar-refractivity contribution < 1.29 is 8.85 Å². The first-order chi connectivity index (χ1) is 13.3. The van der Waals surface area contributed by atoms with Gasteiger partial charge in [-0.3, -0.25) is 0 Å². The first-order valence-corrected chi connectivity index (χ1v) is 21.4. The minimum absolute atomic E-state index is 0.102. The molecule has 0 spiro atoms. The van der Waals surface area contributed by atoms with E-state index in [2.05, 4.69) is 84.8 Å². The van der Waals surface area contributed by atoms with Gasteiger partial charge in [-0.2, -0.15) is 25.3 Å². The Morgan fingerprint density at radius 1 is 1.14 bits per heavy atom. The van der Waals surface area contributed by atoms with E-state index in [4.69, 9.17) is 14.6 Å². The van der Waals surface area contributed by atoms with Crippen LogP contribution in [-0.4, -0.2) is 46.7 Å². The monoisotopic (exact) mass is 493 g/mol. The van der Waals surface area contributed by atoms with Gasteiger partial charge >= 0.3 is 0 Å². The van der Waals surface area contributed by atoms with Crippen molar-refractivity contribution in [1.29, 1.82) is 0 Å². The molecule has 0 aliphatic carbocycles. The van der Waals surface area contributed by atoms with Gasteiger partial charge in [0.2, 0.25) is 0 Å². The standard InChI is InChI=1S/C21H47NO2S2Si3/c1-9-21(10-2,24-28(6,7)18-12-16-26)29(8)19(22)13-14-20(3,23-29)27(4,5)17-11-15-25/h13,25-26H,9-12,14-18,22H2,1-8H3. The SMILES string of the molecule is CCC(CC)(O[Si](C)(C)CCCS)[Si]1(C)OC(C)([Si](C)(C)CCCS)CC=C1N. The lowest BCUT2D eigenvalue weighted by Gasteiger charge is -2.57. The summed E-state index contributed by atoms with van der Waals surface area (Å²) in [6, 6.07) is 2.37. The Hall–Kier alpha value is 0.811. The van der Waals surface area contributed by atoms with E-state index >= 15 is 0 Å². The largest absolute Gasteiger partial charge is 0.411 e. The second-order valence-corrected chi connectivity index (χ2v) is 24.5. The molecule has 1 aliphatic heterocycles. The lowest BCUT2D eigenvalue weighted by atomic mass is 10.2. The Morgan fingerprint density at radius 2 is 1.66 bits per heavy atom. The molecule has 172 valence electrons. The molecular formula is C21H47NO2S2Si3. The average molecular weight is 494 g/mol. The fourth-order valence-corrected chi connectivity index (χ4v) is 17.5. The molecule has 29 heavy (non-hydrogen) atoms. The van der Waals surface area contributed by atoms with Gasteiger partial charge in [0.15, 0.2) is 8.32 Å². The van der Waals surface area contributed by atoms with Crippen molar-refractivity contribution in [3.63, 3.8) is 0 Å². The van der Waals surface area contributed by atoms with E-state index in [0.717, 1.165) is 55.0 Å². The maximum Gasteiger partial charge on any atom is 0.266 e. The van der Waals surface area contributed by atoms with Crippen LogP contribution in [0.2, 0.25) is 44.8 Å². The maximum absolute atomic E-state index is 7.30. The smallest absolute Gasteiger partial charge is 0.266 e. The van der Waals surface area contributed by atoms with E-state index in [-0.39, 0.29) is 10.4 Å². The maximum atomic E-state index is 7.30. The summed E-state index contributed by atoms with van der Waals surface area (Å²) < 4.78 is 14.4. The number of hydrogen-bond donors (Lipinski definition) is 3. The van der Waals surface area contributed by atoms with Crippen molar-refractivity contribution in [2.75, 3.05) is 11.5 Å². The molecule has 0 aromatic carbocycles. The third-order valence-electron chi connectivity index (χ3n) is 7.50. The summed E-state index contributed by atoms with van der Waals surface area (Å²) in [5, 5.41) is 0.613. The minimum atomic E-state index is -2.51. The van der Waals surface area contributed by atoms with Crippen LogP contribution >= 0.6 is 25.3 Å². The van der Waals surface area contributed by atoms with E-state index in [1.54, 1.807) is 0 Å². The lowest BCUT2D eigenvalue weighted by molar-refractivity contribution is 0.0609. The van der Waals surface area contributed by atoms with Crippen molar-refractivity contribution in [3.8, 4) is 0 Å². The Morgan fingerprint density at radius 3 is 2.14 bits per heavy atom. The molecule has 0 bridgehead atoms. The van der Waals surface area contributed by atoms with Crippen LogP contribution in [0.3, 0.4) is 0 Å². The van der Waals surface area contributed by atoms with E-state index < -0.39 is 24.7 Å². The van der Waals surface area contributed by atoms with Crippen LogP contribution < -0.4 is 5.73 Å². The van der Waals surface area contributed by atoms with Gasteiger partial charge in [0.25, 0.3) is 8.32 Å². The number of hydrogen-bond acceptors (Lipinski definition) is 5. The van der Waals surface area contributed by atoms with Gasteiger partial charge in [0, 0.05) is 10.5 Å². The fourth-order valence-electron chi connectivity index (χ4n) is 4.86. The van der Waals surface area contributed by atoms with Gasteiger partial charge in [0.1, 0.15) is 0 Å². The van der Waals surface area contributed by atoms with Crippen LogP contribution in [0, 0.1) is 0 Å². The zero-order valence-electron chi connectivity index (χ0n) is 20.2. The molecule has 0 saturated carbocycles. The second kappa shape index (κ2) is 10.6. The highest BCUT2D eigenvalue weighted by molar-refractivity contribution is 7.80. The zero-order valence-corrected chi connectivity index (χ0v) is 25.0. The molecule has 0 amide bonds. The van der Waals surface area contributed by atoms with Crippen LogP contribution in [0.1, 0.15) is 52.9 Å². The lowest BCUT2D eigenvalue weighted by Crippen LogP contribution is -2.72. The summed E-state index contributed by atoms with van der Waals surface area (Å²) in [7, 11) is -6.00. The predicted molar refractivity (Wildman–Crippen MR) is 144 cm³/mol. The summed E-state index contributed by atoms with van der Waals surface area (Å²) in [5.74, 6) is 1.86. The molecule has 2 atom stereocenters. The Bertz CT molecular complexity index is 570. The van der Waals surface area contributed by atoms with Crippen molar-refractivity contribution in [1.82, 2.24) is 0 Å². The van der Waals surface area contributed by atoms with E-state index in [0.29, 0.717) is 0 Å². The van der Waals surface area contributed by atoms with Crippen molar-refractivity contribution in [2.45, 2.75) is 108 Å². The molecule has 1 aliphatic rings.